The molecule has 0 bridgehead atoms. The Hall–Kier alpha value is -1.36. The van der Waals surface area contributed by atoms with E-state index in [0.717, 1.165) is 24.8 Å². The van der Waals surface area contributed by atoms with Gasteiger partial charge in [0, 0.05) is 15.9 Å². The molecule has 106 valence electrons. The first-order valence-electron chi connectivity index (χ1n) is 6.79. The molecule has 0 N–H and O–H groups in total. The Bertz CT molecular complexity index is 676. The summed E-state index contributed by atoms with van der Waals surface area (Å²) in [5.41, 5.74) is 1.20. The molecule has 1 aromatic carbocycles. The lowest BCUT2D eigenvalue weighted by atomic mass is 9.92. The van der Waals surface area contributed by atoms with Gasteiger partial charge in [0.25, 0.3) is 0 Å². The molecule has 0 saturated heterocycles. The van der Waals surface area contributed by atoms with Gasteiger partial charge in [0.05, 0.1) is 12.1 Å². The molecule has 1 aromatic heterocycles. The molecule has 0 amide bonds. The average molecular weight is 340 g/mol. The number of rotatable bonds is 3. The number of esters is 1. The minimum atomic E-state index is -0.383. The van der Waals surface area contributed by atoms with Gasteiger partial charge in [-0.2, -0.15) is 0 Å². The molecule has 3 nitrogen and oxygen atoms in total. The van der Waals surface area contributed by atoms with Crippen LogP contribution in [-0.4, -0.2) is 17.1 Å². The number of hydrogen-bond acceptors (Lipinski definition) is 2. The van der Waals surface area contributed by atoms with Gasteiger partial charge in [-0.15, -0.1) is 0 Å². The summed E-state index contributed by atoms with van der Waals surface area (Å²) in [6.07, 6.45) is 3.18. The van der Waals surface area contributed by atoms with Crippen LogP contribution in [0.5, 0.6) is 0 Å². The highest BCUT2D eigenvalue weighted by Gasteiger charge is 2.27. The van der Waals surface area contributed by atoms with Crippen LogP contribution < -0.4 is 0 Å². The number of aromatic nitrogens is 1. The molecule has 0 atom stereocenters. The molecule has 1 aliphatic rings. The van der Waals surface area contributed by atoms with Crippen LogP contribution in [0.2, 0.25) is 0 Å². The van der Waals surface area contributed by atoms with Gasteiger partial charge in [-0.1, -0.05) is 15.9 Å². The summed E-state index contributed by atoms with van der Waals surface area (Å²) in [5.74, 6) is -0.705. The van der Waals surface area contributed by atoms with Crippen LogP contribution >= 0.6 is 15.9 Å². The maximum absolute atomic E-state index is 14.1. The van der Waals surface area contributed by atoms with Gasteiger partial charge in [-0.05, 0) is 44.4 Å². The standard InChI is InChI=1S/C15H15BrFNO2/c1-2-20-15(19)14-8-11-12(17)6-9(16)7-13(11)18(14)10-4-3-5-10/h6-8,10H,2-5H2,1H3. The van der Waals surface area contributed by atoms with Crippen molar-refractivity contribution in [2.45, 2.75) is 32.2 Å². The van der Waals surface area contributed by atoms with E-state index < -0.39 is 0 Å². The molecular formula is C15H15BrFNO2. The third-order valence-electron chi connectivity index (χ3n) is 3.80. The molecule has 1 saturated carbocycles. The second-order valence-electron chi connectivity index (χ2n) is 5.03. The number of nitrogens with zero attached hydrogens (tertiary/aromatic N) is 1. The lowest BCUT2D eigenvalue weighted by Gasteiger charge is -2.29. The van der Waals surface area contributed by atoms with Crippen molar-refractivity contribution < 1.29 is 13.9 Å². The fourth-order valence-corrected chi connectivity index (χ4v) is 3.07. The van der Waals surface area contributed by atoms with Gasteiger partial charge >= 0.3 is 5.97 Å². The average Bonchev–Trinajstić information content (AvgIpc) is 2.67. The predicted octanol–water partition coefficient (Wildman–Crippen LogP) is 4.44. The van der Waals surface area contributed by atoms with E-state index in [1.165, 1.54) is 6.07 Å². The smallest absolute Gasteiger partial charge is 0.354 e. The second-order valence-corrected chi connectivity index (χ2v) is 5.94. The van der Waals surface area contributed by atoms with Crippen LogP contribution in [0.1, 0.15) is 42.7 Å². The van der Waals surface area contributed by atoms with Gasteiger partial charge in [0.15, 0.2) is 0 Å². The van der Waals surface area contributed by atoms with Crippen LogP contribution in [0.15, 0.2) is 22.7 Å². The minimum Gasteiger partial charge on any atom is -0.461 e. The van der Waals surface area contributed by atoms with E-state index in [1.807, 2.05) is 10.6 Å². The zero-order valence-electron chi connectivity index (χ0n) is 11.2. The van der Waals surface area contributed by atoms with Crippen LogP contribution in [0.3, 0.4) is 0 Å². The second kappa shape index (κ2) is 5.20. The number of carbonyl (C=O) groups is 1. The lowest BCUT2D eigenvalue weighted by Crippen LogP contribution is -2.21. The normalized spacial score (nSPS) is 15.3. The van der Waals surface area contributed by atoms with E-state index in [9.17, 15) is 9.18 Å². The first-order valence-corrected chi connectivity index (χ1v) is 7.58. The predicted molar refractivity (Wildman–Crippen MR) is 78.4 cm³/mol. The van der Waals surface area contributed by atoms with Crippen molar-refractivity contribution in [3.8, 4) is 0 Å². The minimum absolute atomic E-state index is 0.264. The summed E-state index contributed by atoms with van der Waals surface area (Å²) in [6, 6.07) is 5.15. The lowest BCUT2D eigenvalue weighted by molar-refractivity contribution is 0.0508. The summed E-state index contributed by atoms with van der Waals surface area (Å²) < 4.78 is 21.8. The SMILES string of the molecule is CCOC(=O)c1cc2c(F)cc(Br)cc2n1C1CCC1. The van der Waals surface area contributed by atoms with Crippen LogP contribution in [0.4, 0.5) is 4.39 Å². The maximum Gasteiger partial charge on any atom is 0.354 e. The number of fused-ring (bicyclic) bond motifs is 1. The first-order chi connectivity index (χ1) is 9.61. The Morgan fingerprint density at radius 2 is 2.20 bits per heavy atom. The fraction of sp³-hybridized carbons (Fsp3) is 0.400. The van der Waals surface area contributed by atoms with Gasteiger partial charge in [0.2, 0.25) is 0 Å². The van der Waals surface area contributed by atoms with Gasteiger partial charge < -0.3 is 9.30 Å². The van der Waals surface area contributed by atoms with Crippen molar-refractivity contribution in [2.24, 2.45) is 0 Å². The van der Waals surface area contributed by atoms with Gasteiger partial charge in [-0.3, -0.25) is 0 Å². The van der Waals surface area contributed by atoms with Gasteiger partial charge in [-0.25, -0.2) is 9.18 Å². The Kier molecular flexibility index (Phi) is 3.54. The molecule has 1 aliphatic carbocycles. The number of carbonyl (C=O) groups excluding carboxylic acids is 1. The number of ether oxygens (including phenoxy) is 1. The summed E-state index contributed by atoms with van der Waals surface area (Å²) in [5, 5.41) is 0.475. The molecule has 20 heavy (non-hydrogen) atoms. The Labute approximate surface area is 124 Å². The number of hydrogen-bond donors (Lipinski definition) is 0. The van der Waals surface area contributed by atoms with E-state index in [2.05, 4.69) is 15.9 Å². The van der Waals surface area contributed by atoms with Crippen molar-refractivity contribution in [1.29, 1.82) is 0 Å². The first kappa shape index (κ1) is 13.6. The monoisotopic (exact) mass is 339 g/mol. The van der Waals surface area contributed by atoms with Crippen molar-refractivity contribution in [2.75, 3.05) is 6.61 Å². The topological polar surface area (TPSA) is 31.2 Å². The molecule has 1 fully saturated rings. The highest BCUT2D eigenvalue weighted by molar-refractivity contribution is 9.10. The molecule has 0 radical (unpaired) electrons. The molecule has 2 aromatic rings. The Morgan fingerprint density at radius 1 is 1.45 bits per heavy atom. The highest BCUT2D eigenvalue weighted by atomic mass is 79.9. The molecule has 3 rings (SSSR count). The number of halogens is 2. The molecule has 0 spiro atoms. The van der Waals surface area contributed by atoms with Crippen LogP contribution in [0, 0.1) is 5.82 Å². The van der Waals surface area contributed by atoms with Crippen molar-refractivity contribution >= 4 is 32.8 Å². The van der Waals surface area contributed by atoms with E-state index >= 15 is 0 Å². The molecule has 0 unspecified atom stereocenters. The highest BCUT2D eigenvalue weighted by Crippen LogP contribution is 2.38. The third-order valence-corrected chi connectivity index (χ3v) is 4.25. The van der Waals surface area contributed by atoms with Crippen molar-refractivity contribution in [3.63, 3.8) is 0 Å². The zero-order valence-corrected chi connectivity index (χ0v) is 12.7. The molecule has 1 heterocycles. The van der Waals surface area contributed by atoms with Crippen molar-refractivity contribution in [3.05, 3.63) is 34.2 Å². The summed E-state index contributed by atoms with van der Waals surface area (Å²) in [4.78, 5) is 12.1. The quantitative estimate of drug-likeness (QED) is 0.774. The van der Waals surface area contributed by atoms with Crippen LogP contribution in [-0.2, 0) is 4.74 Å². The Balaban J connectivity index is 2.22. The van der Waals surface area contributed by atoms with Crippen molar-refractivity contribution in [1.82, 2.24) is 4.57 Å². The zero-order chi connectivity index (χ0) is 14.3. The summed E-state index contributed by atoms with van der Waals surface area (Å²) >= 11 is 3.31. The van der Waals surface area contributed by atoms with E-state index in [1.54, 1.807) is 13.0 Å². The third kappa shape index (κ3) is 2.14. The fourth-order valence-electron chi connectivity index (χ4n) is 2.65. The molecular weight excluding hydrogens is 325 g/mol. The van der Waals surface area contributed by atoms with E-state index in [0.29, 0.717) is 22.2 Å². The summed E-state index contributed by atoms with van der Waals surface area (Å²) in [6.45, 7) is 2.09. The van der Waals surface area contributed by atoms with E-state index in [4.69, 9.17) is 4.74 Å². The van der Waals surface area contributed by atoms with E-state index in [-0.39, 0.29) is 17.8 Å². The summed E-state index contributed by atoms with van der Waals surface area (Å²) in [7, 11) is 0. The van der Waals surface area contributed by atoms with Gasteiger partial charge in [0.1, 0.15) is 11.5 Å². The van der Waals surface area contributed by atoms with Crippen LogP contribution in [0.25, 0.3) is 10.9 Å². The molecule has 0 aliphatic heterocycles. The molecule has 5 heteroatoms. The largest absolute Gasteiger partial charge is 0.461 e. The maximum atomic E-state index is 14.1. The Morgan fingerprint density at radius 3 is 2.80 bits per heavy atom. The number of benzene rings is 1.